The molecular formula is C24H33N7. The van der Waals surface area contributed by atoms with Gasteiger partial charge in [0.25, 0.3) is 0 Å². The van der Waals surface area contributed by atoms with Crippen molar-refractivity contribution in [3.8, 4) is 0 Å². The van der Waals surface area contributed by atoms with Gasteiger partial charge in [-0.15, -0.1) is 10.2 Å². The van der Waals surface area contributed by atoms with Crippen LogP contribution >= 0.6 is 0 Å². The molecule has 31 heavy (non-hydrogen) atoms. The molecular weight excluding hydrogens is 386 g/mol. The van der Waals surface area contributed by atoms with Gasteiger partial charge in [0, 0.05) is 29.2 Å². The first-order valence-electron chi connectivity index (χ1n) is 10.7. The van der Waals surface area contributed by atoms with Crippen LogP contribution in [0.5, 0.6) is 0 Å². The lowest BCUT2D eigenvalue weighted by molar-refractivity contribution is 0.275. The number of pyridine rings is 1. The van der Waals surface area contributed by atoms with Crippen molar-refractivity contribution < 1.29 is 0 Å². The van der Waals surface area contributed by atoms with Crippen molar-refractivity contribution in [2.24, 2.45) is 0 Å². The predicted octanol–water partition coefficient (Wildman–Crippen LogP) is 4.61. The van der Waals surface area contributed by atoms with Gasteiger partial charge in [-0.05, 0) is 63.8 Å². The van der Waals surface area contributed by atoms with Gasteiger partial charge in [-0.1, -0.05) is 32.4 Å². The lowest BCUT2D eigenvalue weighted by Gasteiger charge is -2.35. The number of aromatic nitrogens is 5. The summed E-state index contributed by atoms with van der Waals surface area (Å²) in [6, 6.07) is 3.87. The normalized spacial score (nSPS) is 15.1. The first kappa shape index (κ1) is 22.5. The molecule has 7 heteroatoms. The summed E-state index contributed by atoms with van der Waals surface area (Å²) in [4.78, 5) is 8.20. The number of nitrogens with zero attached hydrogens (tertiary/aromatic N) is 5. The number of nitrogen functional groups attached to an aromatic ring is 1. The van der Waals surface area contributed by atoms with Crippen LogP contribution in [0.15, 0.2) is 43.4 Å². The van der Waals surface area contributed by atoms with Gasteiger partial charge in [0.1, 0.15) is 5.82 Å². The van der Waals surface area contributed by atoms with Gasteiger partial charge in [0.15, 0.2) is 5.65 Å². The molecule has 3 aromatic rings. The zero-order chi connectivity index (χ0) is 22.6. The van der Waals surface area contributed by atoms with Crippen molar-refractivity contribution >= 4 is 17.2 Å². The van der Waals surface area contributed by atoms with E-state index in [-0.39, 0.29) is 5.95 Å². The topological polar surface area (TPSA) is 94.0 Å². The molecule has 1 saturated carbocycles. The Bertz CT molecular complexity index is 1090. The third kappa shape index (κ3) is 5.48. The number of hydrogen-bond donors (Lipinski definition) is 2. The van der Waals surface area contributed by atoms with Gasteiger partial charge in [0.05, 0.1) is 5.69 Å². The van der Waals surface area contributed by atoms with Crippen LogP contribution < -0.4 is 11.1 Å². The summed E-state index contributed by atoms with van der Waals surface area (Å²) in [6.07, 6.45) is 10.4. The molecule has 7 nitrogen and oxygen atoms in total. The maximum atomic E-state index is 5.57. The second-order valence-corrected chi connectivity index (χ2v) is 8.63. The van der Waals surface area contributed by atoms with Crippen LogP contribution in [0, 0.1) is 13.8 Å². The van der Waals surface area contributed by atoms with Crippen LogP contribution in [0.1, 0.15) is 68.6 Å². The lowest BCUT2D eigenvalue weighted by atomic mass is 9.83. The molecule has 0 aliphatic heterocycles. The van der Waals surface area contributed by atoms with Gasteiger partial charge >= 0.3 is 0 Å². The first-order chi connectivity index (χ1) is 14.7. The lowest BCUT2D eigenvalue weighted by Crippen LogP contribution is -2.42. The molecule has 4 rings (SSSR count). The minimum Gasteiger partial charge on any atom is -0.384 e. The Balaban J connectivity index is 0.000000210. The monoisotopic (exact) mass is 419 g/mol. The van der Waals surface area contributed by atoms with Gasteiger partial charge < -0.3 is 11.1 Å². The Morgan fingerprint density at radius 1 is 1.13 bits per heavy atom. The van der Waals surface area contributed by atoms with Gasteiger partial charge in [-0.3, -0.25) is 4.40 Å². The van der Waals surface area contributed by atoms with Crippen molar-refractivity contribution in [1.29, 1.82) is 0 Å². The molecule has 3 heterocycles. The highest BCUT2D eigenvalue weighted by atomic mass is 15.2. The molecule has 0 atom stereocenters. The summed E-state index contributed by atoms with van der Waals surface area (Å²) >= 11 is 0. The number of nitrogens with one attached hydrogen (secondary N) is 1. The van der Waals surface area contributed by atoms with Crippen molar-refractivity contribution in [2.75, 3.05) is 5.73 Å². The number of aryl methyl sites for hydroxylation is 2. The summed E-state index contributed by atoms with van der Waals surface area (Å²) in [6.45, 7) is 16.2. The fourth-order valence-electron chi connectivity index (χ4n) is 4.09. The van der Waals surface area contributed by atoms with Crippen molar-refractivity contribution in [3.63, 3.8) is 0 Å². The van der Waals surface area contributed by atoms with E-state index in [1.165, 1.54) is 32.1 Å². The highest BCUT2D eigenvalue weighted by Gasteiger charge is 2.25. The molecule has 3 N–H and O–H groups in total. The summed E-state index contributed by atoms with van der Waals surface area (Å²) in [7, 11) is 0. The zero-order valence-corrected chi connectivity index (χ0v) is 19.1. The SMILES string of the molecule is C=C(C)NC1(C)CCCCC1.C=C(c1ccc2nnc(C)n2c1)c1cnc(N)nc1C. The number of allylic oxidation sites excluding steroid dienone is 1. The van der Waals surface area contributed by atoms with E-state index in [2.05, 4.69) is 45.6 Å². The molecule has 1 fully saturated rings. The van der Waals surface area contributed by atoms with E-state index in [1.54, 1.807) is 6.20 Å². The minimum atomic E-state index is 0.268. The van der Waals surface area contributed by atoms with Crippen LogP contribution in [0.2, 0.25) is 0 Å². The van der Waals surface area contributed by atoms with Crippen molar-refractivity contribution in [1.82, 2.24) is 29.9 Å². The zero-order valence-electron chi connectivity index (χ0n) is 19.1. The molecule has 0 aromatic carbocycles. The maximum absolute atomic E-state index is 5.57. The molecule has 0 bridgehead atoms. The van der Waals surface area contributed by atoms with E-state index in [9.17, 15) is 0 Å². The van der Waals surface area contributed by atoms with Crippen LogP contribution in [0.25, 0.3) is 11.2 Å². The Morgan fingerprint density at radius 2 is 1.84 bits per heavy atom. The molecule has 1 aliphatic carbocycles. The van der Waals surface area contributed by atoms with Gasteiger partial charge in [-0.2, -0.15) is 0 Å². The van der Waals surface area contributed by atoms with Crippen LogP contribution in [0.3, 0.4) is 0 Å². The maximum Gasteiger partial charge on any atom is 0.220 e. The van der Waals surface area contributed by atoms with E-state index in [0.717, 1.165) is 39.6 Å². The smallest absolute Gasteiger partial charge is 0.220 e. The van der Waals surface area contributed by atoms with E-state index in [1.807, 2.05) is 43.5 Å². The molecule has 1 aliphatic rings. The average molecular weight is 420 g/mol. The highest BCUT2D eigenvalue weighted by molar-refractivity contribution is 5.79. The number of nitrogens with two attached hydrogens (primary N) is 1. The van der Waals surface area contributed by atoms with Crippen LogP contribution in [0.4, 0.5) is 5.95 Å². The van der Waals surface area contributed by atoms with E-state index in [4.69, 9.17) is 5.73 Å². The third-order valence-corrected chi connectivity index (χ3v) is 5.72. The van der Waals surface area contributed by atoms with E-state index in [0.29, 0.717) is 5.54 Å². The summed E-state index contributed by atoms with van der Waals surface area (Å²) in [5.74, 6) is 1.10. The number of fused-ring (bicyclic) bond motifs is 1. The standard InChI is InChI=1S/C14H14N6.C10H19N/c1-8(12-6-16-14(15)17-9(12)2)11-4-5-13-19-18-10(3)20(13)7-11;1-9(2)11-10(3)7-5-4-6-8-10/h4-7H,1H2,2-3H3,(H2,15,16,17);11H,1,4-8H2,2-3H3. The van der Waals surface area contributed by atoms with Crippen LogP contribution in [-0.2, 0) is 0 Å². The fourth-order valence-corrected chi connectivity index (χ4v) is 4.09. The molecule has 0 radical (unpaired) electrons. The second kappa shape index (κ2) is 9.29. The predicted molar refractivity (Wildman–Crippen MR) is 126 cm³/mol. The Hall–Kier alpha value is -3.22. The summed E-state index contributed by atoms with van der Waals surface area (Å²) in [5.41, 5.74) is 11.3. The summed E-state index contributed by atoms with van der Waals surface area (Å²) < 4.78 is 1.92. The van der Waals surface area contributed by atoms with E-state index < -0.39 is 0 Å². The molecule has 0 saturated heterocycles. The second-order valence-electron chi connectivity index (χ2n) is 8.63. The highest BCUT2D eigenvalue weighted by Crippen LogP contribution is 2.28. The number of anilines is 1. The van der Waals surface area contributed by atoms with Crippen molar-refractivity contribution in [3.05, 3.63) is 66.0 Å². The summed E-state index contributed by atoms with van der Waals surface area (Å²) in [5, 5.41) is 11.6. The average Bonchev–Trinajstić information content (AvgIpc) is 3.08. The molecule has 3 aromatic heterocycles. The molecule has 0 spiro atoms. The Morgan fingerprint density at radius 3 is 2.48 bits per heavy atom. The molecule has 164 valence electrons. The minimum absolute atomic E-state index is 0.268. The quantitative estimate of drug-likeness (QED) is 0.641. The van der Waals surface area contributed by atoms with E-state index >= 15 is 0 Å². The Kier molecular flexibility index (Phi) is 6.73. The Labute approximate surface area is 184 Å². The third-order valence-electron chi connectivity index (χ3n) is 5.72. The van der Waals surface area contributed by atoms with Crippen LogP contribution in [-0.4, -0.2) is 30.1 Å². The largest absolute Gasteiger partial charge is 0.384 e. The van der Waals surface area contributed by atoms with Gasteiger partial charge in [0.2, 0.25) is 5.95 Å². The van der Waals surface area contributed by atoms with Gasteiger partial charge in [-0.25, -0.2) is 9.97 Å². The fraction of sp³-hybridized carbons (Fsp3) is 0.417. The molecule has 0 unspecified atom stereocenters. The number of rotatable bonds is 4. The number of hydrogen-bond acceptors (Lipinski definition) is 6. The first-order valence-corrected chi connectivity index (χ1v) is 10.7. The molecule has 0 amide bonds. The van der Waals surface area contributed by atoms with Crippen molar-refractivity contribution in [2.45, 2.75) is 65.3 Å².